The SMILES string of the molecule is N#CC1(C(O)c2ccc(Br)cc2)CCOC1. The standard InChI is InChI=1S/C12H12BrNO2/c13-10-3-1-9(2-4-10)11(15)12(7-14)5-6-16-8-12/h1-4,11,15H,5-6,8H2. The van der Waals surface area contributed by atoms with Gasteiger partial charge in [0.25, 0.3) is 0 Å². The van der Waals surface area contributed by atoms with E-state index in [1.165, 1.54) is 0 Å². The Morgan fingerprint density at radius 1 is 1.44 bits per heavy atom. The second-order valence-corrected chi connectivity index (χ2v) is 4.94. The van der Waals surface area contributed by atoms with Crippen molar-refractivity contribution in [2.45, 2.75) is 12.5 Å². The summed E-state index contributed by atoms with van der Waals surface area (Å²) in [5.41, 5.74) is -0.0244. The third-order valence-electron chi connectivity index (χ3n) is 2.98. The highest BCUT2D eigenvalue weighted by Crippen LogP contribution is 2.40. The van der Waals surface area contributed by atoms with Crippen LogP contribution in [0.5, 0.6) is 0 Å². The van der Waals surface area contributed by atoms with Crippen LogP contribution in [0.3, 0.4) is 0 Å². The zero-order valence-electron chi connectivity index (χ0n) is 8.69. The van der Waals surface area contributed by atoms with E-state index in [9.17, 15) is 10.4 Å². The molecule has 0 amide bonds. The Morgan fingerprint density at radius 2 is 2.12 bits per heavy atom. The number of aliphatic hydroxyl groups is 1. The summed E-state index contributed by atoms with van der Waals surface area (Å²) >= 11 is 3.34. The van der Waals surface area contributed by atoms with Crippen molar-refractivity contribution >= 4 is 15.9 Å². The molecule has 1 aliphatic rings. The lowest BCUT2D eigenvalue weighted by Gasteiger charge is -2.25. The molecule has 1 heterocycles. The predicted octanol–water partition coefficient (Wildman–Crippen LogP) is 2.41. The summed E-state index contributed by atoms with van der Waals surface area (Å²) in [6.45, 7) is 0.849. The lowest BCUT2D eigenvalue weighted by molar-refractivity contribution is 0.0504. The molecule has 2 atom stereocenters. The lowest BCUT2D eigenvalue weighted by atomic mass is 9.80. The minimum absolute atomic E-state index is 0.306. The Hall–Kier alpha value is -0.890. The zero-order chi connectivity index (χ0) is 11.6. The number of ether oxygens (including phenoxy) is 1. The van der Waals surface area contributed by atoms with Crippen molar-refractivity contribution in [1.82, 2.24) is 0 Å². The maximum absolute atomic E-state index is 10.2. The molecular weight excluding hydrogens is 270 g/mol. The quantitative estimate of drug-likeness (QED) is 0.906. The fourth-order valence-corrected chi connectivity index (χ4v) is 2.17. The van der Waals surface area contributed by atoms with Gasteiger partial charge >= 0.3 is 0 Å². The van der Waals surface area contributed by atoms with Crippen LogP contribution in [0.4, 0.5) is 0 Å². The van der Waals surface area contributed by atoms with Crippen LogP contribution in [0, 0.1) is 16.7 Å². The Labute approximate surface area is 103 Å². The molecule has 2 rings (SSSR count). The fraction of sp³-hybridized carbons (Fsp3) is 0.417. The number of aliphatic hydroxyl groups excluding tert-OH is 1. The maximum atomic E-state index is 10.2. The van der Waals surface area contributed by atoms with Crippen molar-refractivity contribution in [3.05, 3.63) is 34.3 Å². The Bertz CT molecular complexity index is 404. The van der Waals surface area contributed by atoms with E-state index in [-0.39, 0.29) is 0 Å². The molecule has 84 valence electrons. The van der Waals surface area contributed by atoms with Gasteiger partial charge in [0.15, 0.2) is 0 Å². The number of halogens is 1. The Balaban J connectivity index is 2.27. The van der Waals surface area contributed by atoms with Gasteiger partial charge < -0.3 is 9.84 Å². The third-order valence-corrected chi connectivity index (χ3v) is 3.51. The summed E-state index contributed by atoms with van der Waals surface area (Å²) in [7, 11) is 0. The van der Waals surface area contributed by atoms with Crippen LogP contribution in [0.15, 0.2) is 28.7 Å². The summed E-state index contributed by atoms with van der Waals surface area (Å²) in [5, 5.41) is 19.4. The maximum Gasteiger partial charge on any atom is 0.113 e. The van der Waals surface area contributed by atoms with Gasteiger partial charge in [-0.2, -0.15) is 5.26 Å². The van der Waals surface area contributed by atoms with Crippen molar-refractivity contribution in [2.24, 2.45) is 5.41 Å². The van der Waals surface area contributed by atoms with Crippen LogP contribution in [0.1, 0.15) is 18.1 Å². The van der Waals surface area contributed by atoms with Crippen molar-refractivity contribution in [2.75, 3.05) is 13.2 Å². The Morgan fingerprint density at radius 3 is 2.62 bits per heavy atom. The highest BCUT2D eigenvalue weighted by molar-refractivity contribution is 9.10. The van der Waals surface area contributed by atoms with E-state index >= 15 is 0 Å². The van der Waals surface area contributed by atoms with E-state index in [0.29, 0.717) is 19.6 Å². The normalized spacial score (nSPS) is 26.3. The number of hydrogen-bond acceptors (Lipinski definition) is 3. The highest BCUT2D eigenvalue weighted by Gasteiger charge is 2.42. The van der Waals surface area contributed by atoms with Gasteiger partial charge in [0, 0.05) is 11.1 Å². The Kier molecular flexibility index (Phi) is 3.29. The largest absolute Gasteiger partial charge is 0.387 e. The van der Waals surface area contributed by atoms with Crippen LogP contribution in [0.25, 0.3) is 0 Å². The minimum atomic E-state index is -0.784. The minimum Gasteiger partial charge on any atom is -0.387 e. The molecule has 1 aliphatic heterocycles. The molecule has 2 unspecified atom stereocenters. The summed E-state index contributed by atoms with van der Waals surface area (Å²) < 4.78 is 6.18. The van der Waals surface area contributed by atoms with E-state index < -0.39 is 11.5 Å². The number of nitrogens with zero attached hydrogens (tertiary/aromatic N) is 1. The number of rotatable bonds is 2. The molecule has 0 aromatic heterocycles. The van der Waals surface area contributed by atoms with Crippen LogP contribution >= 0.6 is 15.9 Å². The first-order valence-electron chi connectivity index (χ1n) is 5.10. The smallest absolute Gasteiger partial charge is 0.113 e. The van der Waals surface area contributed by atoms with Crippen LogP contribution in [-0.4, -0.2) is 18.3 Å². The molecule has 4 heteroatoms. The molecule has 0 bridgehead atoms. The van der Waals surface area contributed by atoms with E-state index in [4.69, 9.17) is 4.74 Å². The van der Waals surface area contributed by atoms with E-state index in [2.05, 4.69) is 22.0 Å². The number of nitriles is 1. The van der Waals surface area contributed by atoms with E-state index in [1.54, 1.807) is 0 Å². The average molecular weight is 282 g/mol. The van der Waals surface area contributed by atoms with Gasteiger partial charge in [0.2, 0.25) is 0 Å². The summed E-state index contributed by atoms with van der Waals surface area (Å²) in [6.07, 6.45) is -0.200. The van der Waals surface area contributed by atoms with Gasteiger partial charge in [-0.25, -0.2) is 0 Å². The molecule has 0 aliphatic carbocycles. The molecule has 16 heavy (non-hydrogen) atoms. The molecule has 3 nitrogen and oxygen atoms in total. The lowest BCUT2D eigenvalue weighted by Crippen LogP contribution is -2.27. The monoisotopic (exact) mass is 281 g/mol. The number of benzene rings is 1. The van der Waals surface area contributed by atoms with Crippen molar-refractivity contribution in [1.29, 1.82) is 5.26 Å². The van der Waals surface area contributed by atoms with Crippen LogP contribution in [-0.2, 0) is 4.74 Å². The first-order chi connectivity index (χ1) is 7.68. The first kappa shape index (κ1) is 11.6. The van der Waals surface area contributed by atoms with Gasteiger partial charge in [0.1, 0.15) is 5.41 Å². The van der Waals surface area contributed by atoms with E-state index in [0.717, 1.165) is 10.0 Å². The van der Waals surface area contributed by atoms with Crippen LogP contribution in [0.2, 0.25) is 0 Å². The van der Waals surface area contributed by atoms with Crippen LogP contribution < -0.4 is 0 Å². The molecule has 1 aromatic rings. The topological polar surface area (TPSA) is 53.2 Å². The van der Waals surface area contributed by atoms with Gasteiger partial charge in [-0.1, -0.05) is 28.1 Å². The van der Waals surface area contributed by atoms with Gasteiger partial charge in [-0.3, -0.25) is 0 Å². The van der Waals surface area contributed by atoms with Gasteiger partial charge in [-0.15, -0.1) is 0 Å². The van der Waals surface area contributed by atoms with E-state index in [1.807, 2.05) is 24.3 Å². The molecule has 1 fully saturated rings. The second-order valence-electron chi connectivity index (χ2n) is 4.02. The first-order valence-corrected chi connectivity index (χ1v) is 5.90. The van der Waals surface area contributed by atoms with Gasteiger partial charge in [0.05, 0.1) is 18.8 Å². The molecule has 1 aromatic carbocycles. The zero-order valence-corrected chi connectivity index (χ0v) is 10.3. The number of hydrogen-bond donors (Lipinski definition) is 1. The highest BCUT2D eigenvalue weighted by atomic mass is 79.9. The summed E-state index contributed by atoms with van der Waals surface area (Å²) in [5.74, 6) is 0. The molecule has 1 saturated heterocycles. The van der Waals surface area contributed by atoms with Crippen molar-refractivity contribution < 1.29 is 9.84 Å². The second kappa shape index (κ2) is 4.54. The molecule has 0 spiro atoms. The molecule has 1 N–H and O–H groups in total. The molecule has 0 saturated carbocycles. The molecular formula is C12H12BrNO2. The average Bonchev–Trinajstić information content (AvgIpc) is 2.79. The summed E-state index contributed by atoms with van der Waals surface area (Å²) in [4.78, 5) is 0. The van der Waals surface area contributed by atoms with Gasteiger partial charge in [-0.05, 0) is 24.1 Å². The predicted molar refractivity (Wildman–Crippen MR) is 62.6 cm³/mol. The van der Waals surface area contributed by atoms with Crippen molar-refractivity contribution in [3.63, 3.8) is 0 Å². The van der Waals surface area contributed by atoms with Crippen molar-refractivity contribution in [3.8, 4) is 6.07 Å². The fourth-order valence-electron chi connectivity index (χ4n) is 1.91. The molecule has 0 radical (unpaired) electrons. The summed E-state index contributed by atoms with van der Waals surface area (Å²) in [6, 6.07) is 9.58. The third kappa shape index (κ3) is 1.99.